The number of halogens is 1. The van der Waals surface area contributed by atoms with Crippen LogP contribution in [0.15, 0.2) is 77.3 Å². The monoisotopic (exact) mass is 883 g/mol. The summed E-state index contributed by atoms with van der Waals surface area (Å²) in [6.07, 6.45) is 0.620. The van der Waals surface area contributed by atoms with Crippen molar-refractivity contribution >= 4 is 57.4 Å². The predicted molar refractivity (Wildman–Crippen MR) is 224 cm³/mol. The van der Waals surface area contributed by atoms with E-state index in [0.717, 1.165) is 10.2 Å². The van der Waals surface area contributed by atoms with E-state index < -0.39 is 57.7 Å². The van der Waals surface area contributed by atoms with E-state index in [-0.39, 0.29) is 37.0 Å². The Hall–Kier alpha value is -5.32. The summed E-state index contributed by atoms with van der Waals surface area (Å²) in [7, 11) is 0. The van der Waals surface area contributed by atoms with Gasteiger partial charge in [0.15, 0.2) is 0 Å². The number of rotatable bonds is 11. The lowest BCUT2D eigenvalue weighted by Crippen LogP contribution is -2.72. The number of carbonyl (C=O) groups excluding carboxylic acids is 4. The molecule has 10 rings (SSSR count). The maximum absolute atomic E-state index is 14.8. The summed E-state index contributed by atoms with van der Waals surface area (Å²) in [5, 5.41) is 24.4. The van der Waals surface area contributed by atoms with Crippen molar-refractivity contribution in [3.8, 4) is 0 Å². The van der Waals surface area contributed by atoms with Crippen LogP contribution in [0.25, 0.3) is 0 Å². The highest BCUT2D eigenvalue weighted by atomic mass is 79.9. The van der Waals surface area contributed by atoms with Crippen molar-refractivity contribution < 1.29 is 39.0 Å². The highest BCUT2D eigenvalue weighted by Crippen LogP contribution is 2.58. The zero-order valence-electron chi connectivity index (χ0n) is 33.5. The van der Waals surface area contributed by atoms with Crippen LogP contribution in [0.1, 0.15) is 87.5 Å². The van der Waals surface area contributed by atoms with Gasteiger partial charge in [-0.2, -0.15) is 0 Å². The average molecular weight is 885 g/mol. The first-order chi connectivity index (χ1) is 28.5. The lowest BCUT2D eigenvalue weighted by Gasteiger charge is -2.58. The number of nitrogens with zero attached hydrogens (tertiary/aromatic N) is 3. The molecule has 6 amide bonds. The molecule has 16 heteroatoms. The van der Waals surface area contributed by atoms with Crippen molar-refractivity contribution in [1.82, 2.24) is 20.4 Å². The molecule has 0 saturated carbocycles. The molecule has 5 unspecified atom stereocenters. The number of carbonyl (C=O) groups is 6. The van der Waals surface area contributed by atoms with Gasteiger partial charge in [-0.05, 0) is 98.1 Å². The zero-order chi connectivity index (χ0) is 42.9. The Bertz CT molecular complexity index is 2120. The van der Waals surface area contributed by atoms with Crippen molar-refractivity contribution in [2.75, 3.05) is 18.0 Å². The fourth-order valence-electron chi connectivity index (χ4n) is 12.6. The molecule has 8 N–H and O–H groups in total. The number of benzene rings is 3. The maximum Gasteiger partial charge on any atom is 0.411 e. The van der Waals surface area contributed by atoms with Crippen LogP contribution in [0.3, 0.4) is 0 Å². The topological polar surface area (TPSA) is 229 Å². The van der Waals surface area contributed by atoms with Crippen LogP contribution in [-0.2, 0) is 41.1 Å². The molecule has 15 nitrogen and oxygen atoms in total. The molecule has 3 aliphatic heterocycles. The second-order valence-corrected chi connectivity index (χ2v) is 18.4. The van der Waals surface area contributed by atoms with Gasteiger partial charge in [0.2, 0.25) is 11.8 Å². The minimum Gasteiger partial charge on any atom is -0.465 e. The van der Waals surface area contributed by atoms with E-state index in [0.29, 0.717) is 73.9 Å². The molecule has 3 fully saturated rings. The number of nitrogens with two attached hydrogens (primary N) is 2. The van der Waals surface area contributed by atoms with Gasteiger partial charge in [0.05, 0.1) is 0 Å². The Morgan fingerprint density at radius 1 is 0.600 bits per heavy atom. The molecule has 3 aromatic rings. The van der Waals surface area contributed by atoms with Crippen molar-refractivity contribution in [2.45, 2.75) is 111 Å². The Kier molecular flexibility index (Phi) is 10.3. The normalized spacial score (nSPS) is 31.9. The highest BCUT2D eigenvalue weighted by Gasteiger charge is 2.67. The smallest absolute Gasteiger partial charge is 0.411 e. The van der Waals surface area contributed by atoms with E-state index in [2.05, 4.69) is 41.3 Å². The van der Waals surface area contributed by atoms with E-state index in [9.17, 15) is 39.0 Å². The van der Waals surface area contributed by atoms with E-state index in [1.165, 1.54) is 0 Å². The van der Waals surface area contributed by atoms with Gasteiger partial charge in [-0.3, -0.25) is 39.6 Å². The summed E-state index contributed by atoms with van der Waals surface area (Å²) in [6.45, 7) is 4.51. The molecule has 3 saturated heterocycles. The van der Waals surface area contributed by atoms with Gasteiger partial charge in [-0.1, -0.05) is 78.3 Å². The number of fused-ring (bicyclic) bond motifs is 6. The zero-order valence-corrected chi connectivity index (χ0v) is 35.1. The van der Waals surface area contributed by atoms with Crippen LogP contribution in [0.4, 0.5) is 15.3 Å². The van der Waals surface area contributed by atoms with Crippen LogP contribution in [0, 0.1) is 0 Å². The molecule has 60 heavy (non-hydrogen) atoms. The van der Waals surface area contributed by atoms with E-state index in [1.54, 1.807) is 0 Å². The lowest BCUT2D eigenvalue weighted by atomic mass is 9.56. The van der Waals surface area contributed by atoms with Gasteiger partial charge < -0.3 is 26.6 Å². The predicted octanol–water partition coefficient (Wildman–Crippen LogP) is 4.39. The summed E-state index contributed by atoms with van der Waals surface area (Å²) < 4.78 is 0.872. The van der Waals surface area contributed by atoms with Crippen LogP contribution < -0.4 is 27.0 Å². The molecule has 4 bridgehead atoms. The number of anilines is 1. The lowest BCUT2D eigenvalue weighted by molar-refractivity contribution is -0.144. The highest BCUT2D eigenvalue weighted by molar-refractivity contribution is 9.10. The fourth-order valence-corrected chi connectivity index (χ4v) is 12.8. The number of primary amides is 2. The largest absolute Gasteiger partial charge is 0.465 e. The summed E-state index contributed by atoms with van der Waals surface area (Å²) in [4.78, 5) is 86.6. The molecule has 3 heterocycles. The molecule has 0 radical (unpaired) electrons. The molecular weight excluding hydrogens is 834 g/mol. The van der Waals surface area contributed by atoms with Gasteiger partial charge in [0.1, 0.15) is 11.1 Å². The summed E-state index contributed by atoms with van der Waals surface area (Å²) in [5.41, 5.74) is 9.65. The molecular formula is C44H50BrN7O8. The number of carboxylic acid groups (broad SMARTS) is 2. The van der Waals surface area contributed by atoms with Crippen molar-refractivity contribution in [1.29, 1.82) is 0 Å². The standard InChI is InChI=1S/C44H50BrN7O8/c1-41(23-35(46)53)25-7-11-27(12-8-25)43(41,37(55)48-39(57)58)50-21-3-5-31(50)33-19-20-34(52(33)30-17-15-29(45)16-18-30)32-6-4-22-51(32)44(38(56)49-40(59)60)28-13-9-26(10-14-28)42(44,2)24-36(47)54/h7-18,31-34H,3-6,19-24H2,1-2H3,(H2,46,53)(H2,47,54)(H,48,55)(H,49,56)(H,57,58)(H,59,60)/t31?,32?,33-,34?,41?,42?,43-,44-/m1/s1. The van der Waals surface area contributed by atoms with Gasteiger partial charge in [0.25, 0.3) is 11.8 Å². The molecule has 8 atom stereocenters. The molecule has 0 aromatic heterocycles. The Morgan fingerprint density at radius 3 is 1.32 bits per heavy atom. The van der Waals surface area contributed by atoms with Crippen molar-refractivity contribution in [3.05, 3.63) is 99.5 Å². The van der Waals surface area contributed by atoms with E-state index in [4.69, 9.17) is 11.5 Å². The van der Waals surface area contributed by atoms with Crippen LogP contribution in [0.5, 0.6) is 0 Å². The van der Waals surface area contributed by atoms with Gasteiger partial charge in [-0.25, -0.2) is 9.59 Å². The maximum atomic E-state index is 14.8. The molecule has 316 valence electrons. The van der Waals surface area contributed by atoms with Gasteiger partial charge in [-0.15, -0.1) is 0 Å². The number of amides is 6. The first kappa shape index (κ1) is 41.4. The average Bonchev–Trinajstić information content (AvgIpc) is 3.95. The van der Waals surface area contributed by atoms with Crippen LogP contribution in [0.2, 0.25) is 0 Å². The van der Waals surface area contributed by atoms with Crippen molar-refractivity contribution in [2.24, 2.45) is 11.5 Å². The van der Waals surface area contributed by atoms with Crippen molar-refractivity contribution in [3.63, 3.8) is 0 Å². The quantitative estimate of drug-likeness (QED) is 0.158. The number of nitrogens with one attached hydrogen (secondary N) is 2. The number of imide groups is 2. The Labute approximate surface area is 355 Å². The first-order valence-electron chi connectivity index (χ1n) is 20.5. The van der Waals surface area contributed by atoms with Gasteiger partial charge >= 0.3 is 12.2 Å². The number of hydrogen-bond acceptors (Lipinski definition) is 9. The second-order valence-electron chi connectivity index (χ2n) is 17.4. The molecule has 7 aliphatic rings. The van der Waals surface area contributed by atoms with Gasteiger partial charge in [0, 0.05) is 58.0 Å². The fraction of sp³-hybridized carbons (Fsp3) is 0.455. The minimum absolute atomic E-state index is 0.206. The number of hydrogen-bond donors (Lipinski definition) is 6. The molecule has 3 aromatic carbocycles. The Balaban J connectivity index is 1.27. The SMILES string of the molecule is CC1(CC(N)=O)c2ccc(cc2)[C@]1(C(=O)NC(=O)O)N1CCCC1C1CC[C@H](C2CCCN2[C@@]2(C(=O)NC(=O)O)c3ccc(cc3)C2(C)CC(N)=O)N1c1ccc(Br)cc1. The van der Waals surface area contributed by atoms with E-state index >= 15 is 0 Å². The summed E-state index contributed by atoms with van der Waals surface area (Å²) in [6, 6.07) is 21.6. The summed E-state index contributed by atoms with van der Waals surface area (Å²) >= 11 is 3.60. The van der Waals surface area contributed by atoms with E-state index in [1.807, 2.05) is 86.6 Å². The van der Waals surface area contributed by atoms with Crippen LogP contribution >= 0.6 is 15.9 Å². The minimum atomic E-state index is -1.60. The first-order valence-corrected chi connectivity index (χ1v) is 21.2. The third-order valence-electron chi connectivity index (χ3n) is 14.6. The summed E-state index contributed by atoms with van der Waals surface area (Å²) in [5.74, 6) is -2.74. The third-order valence-corrected chi connectivity index (χ3v) is 15.1. The van der Waals surface area contributed by atoms with Crippen LogP contribution in [-0.4, -0.2) is 93.1 Å². The second kappa shape index (κ2) is 15.0. The number of likely N-dealkylation sites (tertiary alicyclic amines) is 2. The third kappa shape index (κ3) is 5.96. The molecule has 0 spiro atoms. The Morgan fingerprint density at radius 2 is 0.967 bits per heavy atom. The molecule has 4 aliphatic carbocycles.